The van der Waals surface area contributed by atoms with Crippen LogP contribution in [-0.2, 0) is 11.0 Å². The zero-order valence-corrected chi connectivity index (χ0v) is 17.3. The normalized spacial score (nSPS) is 21.5. The number of aromatic nitrogens is 4. The maximum absolute atomic E-state index is 6.34. The van der Waals surface area contributed by atoms with E-state index >= 15 is 0 Å². The van der Waals surface area contributed by atoms with Crippen molar-refractivity contribution in [2.75, 3.05) is 6.61 Å². The molecule has 132 valence electrons. The van der Waals surface area contributed by atoms with Crippen molar-refractivity contribution < 1.29 is 4.43 Å². The second-order valence-electron chi connectivity index (χ2n) is 8.18. The van der Waals surface area contributed by atoms with Crippen molar-refractivity contribution >= 4 is 42.7 Å². The summed E-state index contributed by atoms with van der Waals surface area (Å²) in [5, 5.41) is 0.711. The predicted molar refractivity (Wildman–Crippen MR) is 100 cm³/mol. The van der Waals surface area contributed by atoms with Crippen LogP contribution in [0.3, 0.4) is 0 Å². The summed E-state index contributed by atoms with van der Waals surface area (Å²) in [6.45, 7) is 13.1. The third-order valence-corrected chi connectivity index (χ3v) is 10.3. The molecule has 0 aliphatic heterocycles. The van der Waals surface area contributed by atoms with Crippen LogP contribution in [0, 0.1) is 11.8 Å². The van der Waals surface area contributed by atoms with Crippen LogP contribution in [-0.4, -0.2) is 34.4 Å². The second-order valence-corrected chi connectivity index (χ2v) is 13.7. The molecule has 1 saturated carbocycles. The highest BCUT2D eigenvalue weighted by Gasteiger charge is 2.42. The molecule has 2 atom stereocenters. The summed E-state index contributed by atoms with van der Waals surface area (Å²) in [6, 6.07) is 0. The first-order valence-corrected chi connectivity index (χ1v) is 11.9. The van der Waals surface area contributed by atoms with E-state index in [1.165, 1.54) is 6.42 Å². The number of imidazole rings is 1. The van der Waals surface area contributed by atoms with Crippen molar-refractivity contribution in [2.24, 2.45) is 11.8 Å². The molecule has 8 heteroatoms. The van der Waals surface area contributed by atoms with Gasteiger partial charge in [-0.25, -0.2) is 9.97 Å². The van der Waals surface area contributed by atoms with E-state index in [0.717, 1.165) is 13.2 Å². The second kappa shape index (κ2) is 6.23. The summed E-state index contributed by atoms with van der Waals surface area (Å²) in [5.74, 6) is 1.21. The monoisotopic (exact) mass is 386 g/mol. The van der Waals surface area contributed by atoms with Crippen LogP contribution in [0.15, 0.2) is 6.33 Å². The Labute approximate surface area is 153 Å². The lowest BCUT2D eigenvalue weighted by molar-refractivity contribution is 0.263. The molecule has 0 radical (unpaired) electrons. The minimum Gasteiger partial charge on any atom is -0.417 e. The molecule has 2 aromatic heterocycles. The van der Waals surface area contributed by atoms with E-state index in [0.29, 0.717) is 28.2 Å². The molecule has 0 N–H and O–H groups in total. The van der Waals surface area contributed by atoms with Crippen molar-refractivity contribution in [3.05, 3.63) is 16.8 Å². The SMILES string of the molecule is CC(C)(C)[Si](C)(C)OCC1CC1Cn1cnc2c(Cl)nc(Cl)nc21. The van der Waals surface area contributed by atoms with Crippen LogP contribution >= 0.6 is 23.2 Å². The Morgan fingerprint density at radius 1 is 1.25 bits per heavy atom. The lowest BCUT2D eigenvalue weighted by Crippen LogP contribution is -2.41. The van der Waals surface area contributed by atoms with Gasteiger partial charge in [0, 0.05) is 13.2 Å². The van der Waals surface area contributed by atoms with E-state index in [9.17, 15) is 0 Å². The molecule has 1 aliphatic rings. The van der Waals surface area contributed by atoms with E-state index in [1.54, 1.807) is 6.33 Å². The molecular formula is C16H24Cl2N4OSi. The van der Waals surface area contributed by atoms with Crippen LogP contribution in [0.5, 0.6) is 0 Å². The van der Waals surface area contributed by atoms with Gasteiger partial charge in [-0.05, 0) is 48.0 Å². The quantitative estimate of drug-likeness (QED) is 0.420. The maximum atomic E-state index is 6.34. The first-order chi connectivity index (χ1) is 11.1. The van der Waals surface area contributed by atoms with Gasteiger partial charge in [0.2, 0.25) is 5.28 Å². The predicted octanol–water partition coefficient (Wildman–Crippen LogP) is 4.79. The fourth-order valence-electron chi connectivity index (χ4n) is 2.54. The smallest absolute Gasteiger partial charge is 0.225 e. The first kappa shape index (κ1) is 18.1. The Morgan fingerprint density at radius 3 is 2.62 bits per heavy atom. The molecule has 0 spiro atoms. The minimum atomic E-state index is -1.67. The molecule has 1 fully saturated rings. The highest BCUT2D eigenvalue weighted by atomic mass is 35.5. The molecule has 1 aliphatic carbocycles. The third kappa shape index (κ3) is 3.61. The number of halogens is 2. The highest BCUT2D eigenvalue weighted by molar-refractivity contribution is 6.74. The number of rotatable bonds is 5. The zero-order chi connectivity index (χ0) is 17.7. The van der Waals surface area contributed by atoms with Gasteiger partial charge in [0.25, 0.3) is 0 Å². The Hall–Kier alpha value is -0.693. The van der Waals surface area contributed by atoms with Crippen molar-refractivity contribution in [1.82, 2.24) is 19.5 Å². The van der Waals surface area contributed by atoms with E-state index in [2.05, 4.69) is 48.8 Å². The minimum absolute atomic E-state index is 0.155. The molecule has 5 nitrogen and oxygen atoms in total. The average molecular weight is 387 g/mol. The summed E-state index contributed by atoms with van der Waals surface area (Å²) >= 11 is 12.0. The largest absolute Gasteiger partial charge is 0.417 e. The number of hydrogen-bond acceptors (Lipinski definition) is 4. The Bertz CT molecular complexity index is 756. The lowest BCUT2D eigenvalue weighted by Gasteiger charge is -2.36. The van der Waals surface area contributed by atoms with Crippen molar-refractivity contribution in [3.8, 4) is 0 Å². The van der Waals surface area contributed by atoms with Crippen molar-refractivity contribution in [3.63, 3.8) is 0 Å². The third-order valence-electron chi connectivity index (χ3n) is 5.36. The molecule has 2 heterocycles. The van der Waals surface area contributed by atoms with E-state index in [4.69, 9.17) is 27.6 Å². The zero-order valence-electron chi connectivity index (χ0n) is 14.8. The Kier molecular flexibility index (Phi) is 4.70. The summed E-state index contributed by atoms with van der Waals surface area (Å²) < 4.78 is 8.36. The average Bonchev–Trinajstić information content (AvgIpc) is 3.07. The molecule has 24 heavy (non-hydrogen) atoms. The molecule has 0 saturated heterocycles. The number of nitrogens with zero attached hydrogens (tertiary/aromatic N) is 4. The van der Waals surface area contributed by atoms with Gasteiger partial charge in [0.05, 0.1) is 6.33 Å². The Morgan fingerprint density at radius 2 is 1.96 bits per heavy atom. The van der Waals surface area contributed by atoms with Crippen LogP contribution in [0.25, 0.3) is 11.2 Å². The van der Waals surface area contributed by atoms with Gasteiger partial charge in [0.1, 0.15) is 5.52 Å². The van der Waals surface area contributed by atoms with Crippen molar-refractivity contribution in [2.45, 2.75) is 51.9 Å². The van der Waals surface area contributed by atoms with E-state index in [1.807, 2.05) is 4.57 Å². The van der Waals surface area contributed by atoms with Crippen LogP contribution in [0.4, 0.5) is 0 Å². The number of hydrogen-bond donors (Lipinski definition) is 0. The fourth-order valence-corrected chi connectivity index (χ4v) is 4.03. The van der Waals surface area contributed by atoms with Crippen LogP contribution < -0.4 is 0 Å². The maximum Gasteiger partial charge on any atom is 0.225 e. The molecule has 0 aromatic carbocycles. The molecule has 2 unspecified atom stereocenters. The fraction of sp³-hybridized carbons (Fsp3) is 0.688. The van der Waals surface area contributed by atoms with E-state index in [-0.39, 0.29) is 10.3 Å². The van der Waals surface area contributed by atoms with Gasteiger partial charge in [-0.1, -0.05) is 32.4 Å². The van der Waals surface area contributed by atoms with Gasteiger partial charge >= 0.3 is 0 Å². The summed E-state index contributed by atoms with van der Waals surface area (Å²) in [6.07, 6.45) is 2.95. The van der Waals surface area contributed by atoms with Crippen LogP contribution in [0.1, 0.15) is 27.2 Å². The van der Waals surface area contributed by atoms with Crippen molar-refractivity contribution in [1.29, 1.82) is 0 Å². The van der Waals surface area contributed by atoms with E-state index < -0.39 is 8.32 Å². The van der Waals surface area contributed by atoms with Gasteiger partial charge < -0.3 is 8.99 Å². The lowest BCUT2D eigenvalue weighted by atomic mass is 10.2. The van der Waals surface area contributed by atoms with Gasteiger partial charge in [-0.3, -0.25) is 0 Å². The van der Waals surface area contributed by atoms with Gasteiger partial charge in [-0.2, -0.15) is 4.98 Å². The summed E-state index contributed by atoms with van der Waals surface area (Å²) in [5.41, 5.74) is 1.31. The summed E-state index contributed by atoms with van der Waals surface area (Å²) in [4.78, 5) is 12.5. The van der Waals surface area contributed by atoms with Gasteiger partial charge in [-0.15, -0.1) is 0 Å². The van der Waals surface area contributed by atoms with Crippen LogP contribution in [0.2, 0.25) is 28.6 Å². The summed E-state index contributed by atoms with van der Waals surface area (Å²) in [7, 11) is -1.67. The topological polar surface area (TPSA) is 52.8 Å². The standard InChI is InChI=1S/C16H24Cl2N4OSi/c1-16(2,3)24(4,5)23-8-11-6-10(11)7-22-9-19-12-13(17)20-15(18)21-14(12)22/h9-11H,6-8H2,1-5H3. The molecule has 0 amide bonds. The number of fused-ring (bicyclic) bond motifs is 1. The molecule has 0 bridgehead atoms. The molecule has 3 rings (SSSR count). The molecular weight excluding hydrogens is 363 g/mol. The molecule has 2 aromatic rings. The first-order valence-electron chi connectivity index (χ1n) is 8.26. The van der Waals surface area contributed by atoms with Gasteiger partial charge in [0.15, 0.2) is 19.1 Å². The Balaban J connectivity index is 1.62. The highest BCUT2D eigenvalue weighted by Crippen LogP contribution is 2.43.